The van der Waals surface area contributed by atoms with E-state index in [4.69, 9.17) is 10.5 Å². The Hall–Kier alpha value is -1.11. The van der Waals surface area contributed by atoms with Crippen LogP contribution in [0.15, 0.2) is 17.0 Å². The second-order valence-corrected chi connectivity index (χ2v) is 7.62. The number of aryl methyl sites for hydroxylation is 1. The standard InChI is InChI=1S/C15H24N2O3S/c1-5-13-9-20-11(3)8-17(13)21(18,19)15-7-10(2)6-14(16)12(15)4/h6-7,11,13H,5,8-9,16H2,1-4H3. The van der Waals surface area contributed by atoms with Crippen LogP contribution in [0.4, 0.5) is 5.69 Å². The maximum Gasteiger partial charge on any atom is 0.243 e. The average molecular weight is 312 g/mol. The molecule has 2 rings (SSSR count). The third kappa shape index (κ3) is 3.07. The van der Waals surface area contributed by atoms with Crippen molar-refractivity contribution in [3.05, 3.63) is 23.3 Å². The predicted octanol–water partition coefficient (Wildman–Crippen LogP) is 2.07. The van der Waals surface area contributed by atoms with E-state index < -0.39 is 10.0 Å². The highest BCUT2D eigenvalue weighted by atomic mass is 32.2. The lowest BCUT2D eigenvalue weighted by molar-refractivity contribution is -0.0230. The molecule has 118 valence electrons. The van der Waals surface area contributed by atoms with Crippen molar-refractivity contribution in [2.75, 3.05) is 18.9 Å². The third-order valence-corrected chi connectivity index (χ3v) is 6.06. The second kappa shape index (κ2) is 5.94. The molecule has 21 heavy (non-hydrogen) atoms. The summed E-state index contributed by atoms with van der Waals surface area (Å²) in [5.41, 5.74) is 7.92. The molecule has 0 aromatic heterocycles. The van der Waals surface area contributed by atoms with E-state index in [0.717, 1.165) is 12.0 Å². The van der Waals surface area contributed by atoms with Crippen LogP contribution in [0, 0.1) is 13.8 Å². The predicted molar refractivity (Wildman–Crippen MR) is 83.7 cm³/mol. The van der Waals surface area contributed by atoms with Gasteiger partial charge in [-0.15, -0.1) is 0 Å². The van der Waals surface area contributed by atoms with Crippen molar-refractivity contribution >= 4 is 15.7 Å². The van der Waals surface area contributed by atoms with Gasteiger partial charge in [-0.3, -0.25) is 0 Å². The van der Waals surface area contributed by atoms with Crippen LogP contribution in [0.2, 0.25) is 0 Å². The maximum atomic E-state index is 13.0. The van der Waals surface area contributed by atoms with E-state index in [2.05, 4.69) is 0 Å². The van der Waals surface area contributed by atoms with Crippen LogP contribution in [0.25, 0.3) is 0 Å². The van der Waals surface area contributed by atoms with Gasteiger partial charge in [0.05, 0.1) is 17.6 Å². The van der Waals surface area contributed by atoms with E-state index in [-0.39, 0.29) is 12.1 Å². The van der Waals surface area contributed by atoms with Gasteiger partial charge in [-0.1, -0.05) is 6.92 Å². The molecule has 2 N–H and O–H groups in total. The Labute approximate surface area is 127 Å². The minimum Gasteiger partial charge on any atom is -0.398 e. The van der Waals surface area contributed by atoms with Crippen molar-refractivity contribution < 1.29 is 13.2 Å². The number of hydrogen-bond acceptors (Lipinski definition) is 4. The third-order valence-electron chi connectivity index (χ3n) is 4.02. The normalized spacial score (nSPS) is 24.2. The van der Waals surface area contributed by atoms with E-state index in [0.29, 0.717) is 29.3 Å². The van der Waals surface area contributed by atoms with Crippen LogP contribution in [0.1, 0.15) is 31.4 Å². The number of sulfonamides is 1. The first-order chi connectivity index (χ1) is 9.77. The molecule has 1 aromatic rings. The number of anilines is 1. The molecule has 1 aliphatic rings. The Morgan fingerprint density at radius 3 is 2.67 bits per heavy atom. The first-order valence-electron chi connectivity index (χ1n) is 7.27. The van der Waals surface area contributed by atoms with Crippen LogP contribution in [0.3, 0.4) is 0 Å². The summed E-state index contributed by atoms with van der Waals surface area (Å²) in [6.45, 7) is 8.31. The number of benzene rings is 1. The van der Waals surface area contributed by atoms with Crippen molar-refractivity contribution in [1.29, 1.82) is 0 Å². The van der Waals surface area contributed by atoms with Crippen molar-refractivity contribution in [3.63, 3.8) is 0 Å². The molecule has 5 nitrogen and oxygen atoms in total. The Balaban J connectivity index is 2.50. The summed E-state index contributed by atoms with van der Waals surface area (Å²) in [5, 5.41) is 0. The van der Waals surface area contributed by atoms with Gasteiger partial charge in [0.25, 0.3) is 0 Å². The van der Waals surface area contributed by atoms with Crippen molar-refractivity contribution in [2.45, 2.75) is 51.2 Å². The topological polar surface area (TPSA) is 72.6 Å². The summed E-state index contributed by atoms with van der Waals surface area (Å²) >= 11 is 0. The molecule has 1 fully saturated rings. The second-order valence-electron chi connectivity index (χ2n) is 5.76. The summed E-state index contributed by atoms with van der Waals surface area (Å²) in [4.78, 5) is 0.313. The molecule has 0 spiro atoms. The molecule has 0 amide bonds. The summed E-state index contributed by atoms with van der Waals surface area (Å²) in [6.07, 6.45) is 0.636. The fraction of sp³-hybridized carbons (Fsp3) is 0.600. The Kier molecular flexibility index (Phi) is 4.60. The van der Waals surface area contributed by atoms with Gasteiger partial charge in [0.2, 0.25) is 10.0 Å². The van der Waals surface area contributed by atoms with E-state index >= 15 is 0 Å². The highest BCUT2D eigenvalue weighted by molar-refractivity contribution is 7.89. The van der Waals surface area contributed by atoms with Crippen LogP contribution in [0.5, 0.6) is 0 Å². The largest absolute Gasteiger partial charge is 0.398 e. The molecule has 0 radical (unpaired) electrons. The Morgan fingerprint density at radius 2 is 2.05 bits per heavy atom. The van der Waals surface area contributed by atoms with Gasteiger partial charge in [0.15, 0.2) is 0 Å². The minimum absolute atomic E-state index is 0.0926. The zero-order chi connectivity index (χ0) is 15.8. The Morgan fingerprint density at radius 1 is 1.38 bits per heavy atom. The summed E-state index contributed by atoms with van der Waals surface area (Å²) in [7, 11) is -3.56. The lowest BCUT2D eigenvalue weighted by Crippen LogP contribution is -2.51. The van der Waals surface area contributed by atoms with Crippen LogP contribution in [-0.4, -0.2) is 38.0 Å². The van der Waals surface area contributed by atoms with E-state index in [1.807, 2.05) is 20.8 Å². The molecular weight excluding hydrogens is 288 g/mol. The maximum absolute atomic E-state index is 13.0. The SMILES string of the molecule is CCC1COC(C)CN1S(=O)(=O)c1cc(C)cc(N)c1C. The molecule has 1 heterocycles. The van der Waals surface area contributed by atoms with Crippen molar-refractivity contribution in [2.24, 2.45) is 0 Å². The summed E-state index contributed by atoms with van der Waals surface area (Å²) in [5.74, 6) is 0. The van der Waals surface area contributed by atoms with Gasteiger partial charge in [0, 0.05) is 18.3 Å². The van der Waals surface area contributed by atoms with Gasteiger partial charge in [-0.2, -0.15) is 4.31 Å². The molecule has 0 aliphatic carbocycles. The fourth-order valence-electron chi connectivity index (χ4n) is 2.68. The monoisotopic (exact) mass is 312 g/mol. The zero-order valence-corrected chi connectivity index (χ0v) is 13.9. The number of morpholine rings is 1. The smallest absolute Gasteiger partial charge is 0.243 e. The molecule has 0 saturated carbocycles. The molecule has 2 unspecified atom stereocenters. The van der Waals surface area contributed by atoms with Crippen LogP contribution >= 0.6 is 0 Å². The number of rotatable bonds is 3. The molecule has 2 atom stereocenters. The summed E-state index contributed by atoms with van der Waals surface area (Å²) < 4.78 is 33.2. The van der Waals surface area contributed by atoms with Crippen LogP contribution in [-0.2, 0) is 14.8 Å². The van der Waals surface area contributed by atoms with Gasteiger partial charge >= 0.3 is 0 Å². The van der Waals surface area contributed by atoms with Gasteiger partial charge in [0.1, 0.15) is 0 Å². The summed E-state index contributed by atoms with van der Waals surface area (Å²) in [6, 6.07) is 3.38. The fourth-order valence-corrected chi connectivity index (χ4v) is 4.78. The van der Waals surface area contributed by atoms with Gasteiger partial charge in [-0.25, -0.2) is 8.42 Å². The molecule has 1 aromatic carbocycles. The van der Waals surface area contributed by atoms with Gasteiger partial charge in [-0.05, 0) is 50.5 Å². The first-order valence-corrected chi connectivity index (χ1v) is 8.71. The zero-order valence-electron chi connectivity index (χ0n) is 13.1. The first kappa shape index (κ1) is 16.3. The lowest BCUT2D eigenvalue weighted by Gasteiger charge is -2.37. The van der Waals surface area contributed by atoms with E-state index in [1.54, 1.807) is 23.4 Å². The number of nitrogens with zero attached hydrogens (tertiary/aromatic N) is 1. The van der Waals surface area contributed by atoms with E-state index in [1.165, 1.54) is 0 Å². The van der Waals surface area contributed by atoms with Gasteiger partial charge < -0.3 is 10.5 Å². The molecule has 6 heteroatoms. The quantitative estimate of drug-likeness (QED) is 0.867. The Bertz CT molecular complexity index is 628. The average Bonchev–Trinajstić information content (AvgIpc) is 2.42. The molecule has 1 saturated heterocycles. The van der Waals surface area contributed by atoms with Crippen molar-refractivity contribution in [1.82, 2.24) is 4.31 Å². The van der Waals surface area contributed by atoms with E-state index in [9.17, 15) is 8.42 Å². The number of nitrogens with two attached hydrogens (primary N) is 1. The number of nitrogen functional groups attached to an aromatic ring is 1. The number of ether oxygens (including phenoxy) is 1. The highest BCUT2D eigenvalue weighted by Crippen LogP contribution is 2.29. The van der Waals surface area contributed by atoms with Crippen LogP contribution < -0.4 is 5.73 Å². The highest BCUT2D eigenvalue weighted by Gasteiger charge is 2.36. The molecular formula is C15H24N2O3S. The molecule has 1 aliphatic heterocycles. The molecule has 0 bridgehead atoms. The minimum atomic E-state index is -3.56. The number of hydrogen-bond donors (Lipinski definition) is 1. The lowest BCUT2D eigenvalue weighted by atomic mass is 10.1. The van der Waals surface area contributed by atoms with Crippen molar-refractivity contribution in [3.8, 4) is 0 Å².